The third-order valence-corrected chi connectivity index (χ3v) is 4.39. The van der Waals surface area contributed by atoms with E-state index in [2.05, 4.69) is 4.98 Å². The van der Waals surface area contributed by atoms with E-state index in [-0.39, 0.29) is 12.1 Å². The zero-order chi connectivity index (χ0) is 18.3. The summed E-state index contributed by atoms with van der Waals surface area (Å²) < 4.78 is 50.1. The molecule has 0 unspecified atom stereocenters. The molecule has 0 aromatic carbocycles. The van der Waals surface area contributed by atoms with Crippen molar-refractivity contribution in [2.75, 3.05) is 6.54 Å². The van der Waals surface area contributed by atoms with Gasteiger partial charge in [-0.1, -0.05) is 6.08 Å². The van der Waals surface area contributed by atoms with Crippen molar-refractivity contribution in [2.45, 2.75) is 45.1 Å². The lowest BCUT2D eigenvalue weighted by molar-refractivity contribution is -0.137. The smallest absolute Gasteiger partial charge is 0.400 e. The summed E-state index contributed by atoms with van der Waals surface area (Å²) in [6.07, 6.45) is -2.63. The van der Waals surface area contributed by atoms with Gasteiger partial charge in [-0.3, -0.25) is 4.79 Å². The SMILES string of the molecule is CC1(C)OB(C(=Cc2cc(C(F)(F)F)c[nH]c2=O)CN)OC1(C)C. The first-order chi connectivity index (χ1) is 10.9. The first-order valence-electron chi connectivity index (χ1n) is 7.43. The summed E-state index contributed by atoms with van der Waals surface area (Å²) >= 11 is 0. The minimum Gasteiger partial charge on any atom is -0.400 e. The average molecular weight is 344 g/mol. The van der Waals surface area contributed by atoms with Crippen molar-refractivity contribution in [3.8, 4) is 0 Å². The molecule has 0 amide bonds. The van der Waals surface area contributed by atoms with Crippen LogP contribution in [0.15, 0.2) is 22.5 Å². The maximum atomic E-state index is 12.8. The summed E-state index contributed by atoms with van der Waals surface area (Å²) in [7, 11) is -0.825. The molecule has 24 heavy (non-hydrogen) atoms. The number of hydrogen-bond acceptors (Lipinski definition) is 4. The number of pyridine rings is 1. The van der Waals surface area contributed by atoms with Crippen LogP contribution < -0.4 is 11.3 Å². The van der Waals surface area contributed by atoms with Crippen molar-refractivity contribution in [1.29, 1.82) is 0 Å². The van der Waals surface area contributed by atoms with E-state index < -0.39 is 35.6 Å². The Morgan fingerprint density at radius 1 is 1.29 bits per heavy atom. The minimum absolute atomic E-state index is 0.0213. The number of nitrogens with two attached hydrogens (primary N) is 1. The second-order valence-electron chi connectivity index (χ2n) is 6.68. The van der Waals surface area contributed by atoms with Gasteiger partial charge in [0.15, 0.2) is 0 Å². The van der Waals surface area contributed by atoms with Gasteiger partial charge in [0.25, 0.3) is 5.56 Å². The van der Waals surface area contributed by atoms with Gasteiger partial charge in [0.1, 0.15) is 0 Å². The highest BCUT2D eigenvalue weighted by molar-refractivity contribution is 6.55. The van der Waals surface area contributed by atoms with Crippen LogP contribution >= 0.6 is 0 Å². The molecule has 1 aromatic heterocycles. The number of alkyl halides is 3. The van der Waals surface area contributed by atoms with Gasteiger partial charge in [0.2, 0.25) is 0 Å². The molecule has 5 nitrogen and oxygen atoms in total. The van der Waals surface area contributed by atoms with Crippen LogP contribution in [-0.4, -0.2) is 29.8 Å². The highest BCUT2D eigenvalue weighted by Crippen LogP contribution is 2.38. The number of nitrogens with one attached hydrogen (secondary N) is 1. The maximum Gasteiger partial charge on any atom is 0.491 e. The molecule has 132 valence electrons. The highest BCUT2D eigenvalue weighted by atomic mass is 19.4. The molecule has 2 heterocycles. The molecule has 0 aliphatic carbocycles. The Balaban J connectivity index is 2.41. The van der Waals surface area contributed by atoms with Gasteiger partial charge in [0.05, 0.1) is 16.8 Å². The first kappa shape index (κ1) is 18.8. The maximum absolute atomic E-state index is 12.8. The van der Waals surface area contributed by atoms with E-state index in [4.69, 9.17) is 15.0 Å². The molecule has 0 bridgehead atoms. The normalized spacial score (nSPS) is 20.5. The zero-order valence-electron chi connectivity index (χ0n) is 14.0. The third-order valence-electron chi connectivity index (χ3n) is 4.39. The van der Waals surface area contributed by atoms with Gasteiger partial charge in [-0.15, -0.1) is 0 Å². The van der Waals surface area contributed by atoms with Crippen LogP contribution in [-0.2, 0) is 15.5 Å². The van der Waals surface area contributed by atoms with Crippen molar-refractivity contribution < 1.29 is 22.5 Å². The van der Waals surface area contributed by atoms with E-state index >= 15 is 0 Å². The minimum atomic E-state index is -4.56. The van der Waals surface area contributed by atoms with Crippen LogP contribution in [0, 0.1) is 0 Å². The fourth-order valence-electron chi connectivity index (χ4n) is 2.19. The van der Waals surface area contributed by atoms with Gasteiger partial charge in [-0.25, -0.2) is 0 Å². The third kappa shape index (κ3) is 3.58. The number of halogens is 3. The Morgan fingerprint density at radius 3 is 2.29 bits per heavy atom. The van der Waals surface area contributed by atoms with Crippen molar-refractivity contribution >= 4 is 13.2 Å². The monoisotopic (exact) mass is 344 g/mol. The molecule has 1 fully saturated rings. The van der Waals surface area contributed by atoms with Crippen molar-refractivity contribution in [1.82, 2.24) is 4.98 Å². The Hall–Kier alpha value is -1.58. The molecule has 2 rings (SSSR count). The van der Waals surface area contributed by atoms with Crippen molar-refractivity contribution in [3.63, 3.8) is 0 Å². The number of hydrogen-bond donors (Lipinski definition) is 2. The van der Waals surface area contributed by atoms with Crippen LogP contribution in [0.4, 0.5) is 13.2 Å². The number of aromatic amines is 1. The molecule has 9 heteroatoms. The number of aromatic nitrogens is 1. The molecule has 0 saturated carbocycles. The summed E-state index contributed by atoms with van der Waals surface area (Å²) in [5, 5.41) is 0. The van der Waals surface area contributed by atoms with Gasteiger partial charge >= 0.3 is 13.3 Å². The van der Waals surface area contributed by atoms with Gasteiger partial charge in [-0.2, -0.15) is 13.2 Å². The summed E-state index contributed by atoms with van der Waals surface area (Å²) in [4.78, 5) is 13.9. The van der Waals surface area contributed by atoms with Crippen molar-refractivity contribution in [3.05, 3.63) is 39.2 Å². The summed E-state index contributed by atoms with van der Waals surface area (Å²) in [5.41, 5.74) is 3.09. The number of rotatable bonds is 3. The Bertz CT molecular complexity index is 695. The Morgan fingerprint density at radius 2 is 1.83 bits per heavy atom. The quantitative estimate of drug-likeness (QED) is 0.826. The molecule has 0 atom stereocenters. The lowest BCUT2D eigenvalue weighted by Crippen LogP contribution is -2.41. The van der Waals surface area contributed by atoms with E-state index in [1.807, 2.05) is 27.7 Å². The summed E-state index contributed by atoms with van der Waals surface area (Å²) in [6.45, 7) is 7.36. The molecular formula is C15H20BF3N2O3. The largest absolute Gasteiger partial charge is 0.491 e. The van der Waals surface area contributed by atoms with Gasteiger partial charge in [-0.05, 0) is 39.2 Å². The first-order valence-corrected chi connectivity index (χ1v) is 7.43. The van der Waals surface area contributed by atoms with Gasteiger partial charge < -0.3 is 20.0 Å². The van der Waals surface area contributed by atoms with Crippen LogP contribution in [0.3, 0.4) is 0 Å². The van der Waals surface area contributed by atoms with Crippen LogP contribution in [0.25, 0.3) is 6.08 Å². The van der Waals surface area contributed by atoms with E-state index in [0.29, 0.717) is 11.7 Å². The predicted octanol–water partition coefficient (Wildman–Crippen LogP) is 2.37. The zero-order valence-corrected chi connectivity index (χ0v) is 14.0. The standard InChI is InChI=1S/C15H20BF3N2O3/c1-13(2)14(3,4)24-16(23-13)11(7-20)6-9-5-10(15(17,18)19)8-21-12(9)22/h5-6,8H,7,20H2,1-4H3,(H,21,22). The predicted molar refractivity (Wildman–Crippen MR) is 85.2 cm³/mol. The summed E-state index contributed by atoms with van der Waals surface area (Å²) in [6, 6.07) is 0.778. The fraction of sp³-hybridized carbons (Fsp3) is 0.533. The molecule has 1 aromatic rings. The molecule has 3 N–H and O–H groups in total. The second kappa shape index (κ2) is 6.05. The Labute approximate surface area is 138 Å². The van der Waals surface area contributed by atoms with E-state index in [1.165, 1.54) is 6.08 Å². The average Bonchev–Trinajstić information content (AvgIpc) is 2.65. The second-order valence-corrected chi connectivity index (χ2v) is 6.68. The van der Waals surface area contributed by atoms with Crippen LogP contribution in [0.2, 0.25) is 0 Å². The molecular weight excluding hydrogens is 324 g/mol. The van der Waals surface area contributed by atoms with E-state index in [0.717, 1.165) is 6.07 Å². The molecule has 1 aliphatic heterocycles. The molecule has 1 aliphatic rings. The lowest BCUT2D eigenvalue weighted by Gasteiger charge is -2.32. The molecule has 0 radical (unpaired) electrons. The van der Waals surface area contributed by atoms with Gasteiger partial charge in [0, 0.05) is 18.3 Å². The fourth-order valence-corrected chi connectivity index (χ4v) is 2.19. The van der Waals surface area contributed by atoms with Crippen LogP contribution in [0.5, 0.6) is 0 Å². The Kier molecular flexibility index (Phi) is 4.73. The highest BCUT2D eigenvalue weighted by Gasteiger charge is 2.52. The number of H-pyrrole nitrogens is 1. The molecule has 1 saturated heterocycles. The van der Waals surface area contributed by atoms with E-state index in [1.54, 1.807) is 0 Å². The molecule has 0 spiro atoms. The van der Waals surface area contributed by atoms with E-state index in [9.17, 15) is 18.0 Å². The topological polar surface area (TPSA) is 77.3 Å². The summed E-state index contributed by atoms with van der Waals surface area (Å²) in [5.74, 6) is 0. The van der Waals surface area contributed by atoms with Crippen LogP contribution in [0.1, 0.15) is 38.8 Å². The van der Waals surface area contributed by atoms with Crippen molar-refractivity contribution in [2.24, 2.45) is 5.73 Å². The lowest BCUT2D eigenvalue weighted by atomic mass is 9.77.